The third-order valence-electron chi connectivity index (χ3n) is 12.7. The van der Waals surface area contributed by atoms with E-state index in [1.165, 1.54) is 36.4 Å². The van der Waals surface area contributed by atoms with Crippen LogP contribution in [0, 0.1) is 34.9 Å². The Morgan fingerprint density at radius 2 is 1.00 bits per heavy atom. The van der Waals surface area contributed by atoms with E-state index in [0.717, 1.165) is 51.3 Å². The van der Waals surface area contributed by atoms with Gasteiger partial charge in [0, 0.05) is 40.7 Å². The van der Waals surface area contributed by atoms with Crippen LogP contribution >= 0.6 is 15.9 Å². The van der Waals surface area contributed by atoms with Crippen molar-refractivity contribution in [1.82, 2.24) is 20.4 Å². The molecule has 2 fully saturated rings. The monoisotopic (exact) mass is 1020 g/mol. The highest BCUT2D eigenvalue weighted by Gasteiger charge is 2.41. The Labute approximate surface area is 412 Å². The summed E-state index contributed by atoms with van der Waals surface area (Å²) in [5.74, 6) is -3.55. The molecule has 0 unspecified atom stereocenters. The van der Waals surface area contributed by atoms with Gasteiger partial charge < -0.3 is 30.5 Å². The normalized spacial score (nSPS) is 18.4. The predicted molar refractivity (Wildman–Crippen MR) is 264 cm³/mol. The number of halogens is 7. The zero-order chi connectivity index (χ0) is 50.8. The van der Waals surface area contributed by atoms with E-state index in [1.807, 2.05) is 55.1 Å². The lowest BCUT2D eigenvalue weighted by Gasteiger charge is -2.44. The zero-order valence-electron chi connectivity index (χ0n) is 38.5. The molecular formula is C54H52BBrF6N4O4. The number of hydrogen-bond acceptors (Lipinski definition) is 4. The minimum Gasteiger partial charge on any atom is -0.423 e. The highest BCUT2D eigenvalue weighted by atomic mass is 79.9. The zero-order valence-corrected chi connectivity index (χ0v) is 40.1. The summed E-state index contributed by atoms with van der Waals surface area (Å²) in [6.07, 6.45) is 6.07. The standard InChI is InChI=1S/C27H25F3N2O.C21H22BrFN2O.C6H5BF2O2/c1-3-14-27(21-8-10-22(28)11-9-21)15-16-32(26(33)31-27)18(2)19-4-6-20(7-5-19)24-13-12-23(29)17-25(24)30;1-3-12-21(17-6-10-19(23)11-7-17)13-14-25(20(26)24-21)15(2)16-4-8-18(22)9-5-16;8-4-1-2-5(7(10)11)6(9)3-4/h3-13,17-18H,1,14-16H2,2H3,(H,31,33);3-11,15H,1,12-14H2,2H3,(H,24,26);1-3,10-11H/t18-,27+;15-,21+;/m00./s1. The van der Waals surface area contributed by atoms with E-state index in [2.05, 4.69) is 39.7 Å². The number of nitrogens with zero attached hydrogens (tertiary/aromatic N) is 2. The van der Waals surface area contributed by atoms with Crippen LogP contribution in [0.2, 0.25) is 0 Å². The average Bonchev–Trinajstić information content (AvgIpc) is 3.32. The number of urea groups is 2. The maximum atomic E-state index is 14.1. The number of carbonyl (C=O) groups is 2. The molecule has 70 heavy (non-hydrogen) atoms. The Balaban J connectivity index is 0.000000192. The van der Waals surface area contributed by atoms with Crippen molar-refractivity contribution in [3.05, 3.63) is 220 Å². The van der Waals surface area contributed by atoms with Crippen molar-refractivity contribution < 1.29 is 46.0 Å². The van der Waals surface area contributed by atoms with Crippen molar-refractivity contribution >= 4 is 40.6 Å². The fourth-order valence-electron chi connectivity index (χ4n) is 8.73. The molecule has 6 aromatic rings. The second-order valence-corrected chi connectivity index (χ2v) is 18.0. The molecule has 0 aliphatic carbocycles. The molecule has 2 saturated heterocycles. The van der Waals surface area contributed by atoms with Gasteiger partial charge in [-0.15, -0.1) is 13.2 Å². The van der Waals surface area contributed by atoms with Crippen LogP contribution in [0.25, 0.3) is 11.1 Å². The van der Waals surface area contributed by atoms with E-state index in [0.29, 0.717) is 49.5 Å². The van der Waals surface area contributed by atoms with Crippen molar-refractivity contribution in [3.8, 4) is 11.1 Å². The minimum atomic E-state index is -1.89. The molecule has 2 heterocycles. The first kappa shape index (κ1) is 52.8. The van der Waals surface area contributed by atoms with Crippen LogP contribution in [0.15, 0.2) is 163 Å². The fourth-order valence-corrected chi connectivity index (χ4v) is 8.99. The molecule has 0 saturated carbocycles. The first-order chi connectivity index (χ1) is 33.4. The molecule has 0 radical (unpaired) electrons. The van der Waals surface area contributed by atoms with Gasteiger partial charge in [-0.2, -0.15) is 0 Å². The van der Waals surface area contributed by atoms with Gasteiger partial charge in [0.25, 0.3) is 0 Å². The Morgan fingerprint density at radius 3 is 1.39 bits per heavy atom. The van der Waals surface area contributed by atoms with E-state index < -0.39 is 41.5 Å². The van der Waals surface area contributed by atoms with Gasteiger partial charge in [-0.3, -0.25) is 0 Å². The molecule has 6 aromatic carbocycles. The number of benzene rings is 6. The van der Waals surface area contributed by atoms with Crippen molar-refractivity contribution in [2.24, 2.45) is 0 Å². The van der Waals surface area contributed by atoms with Gasteiger partial charge in [0.15, 0.2) is 0 Å². The summed E-state index contributed by atoms with van der Waals surface area (Å²) in [5, 5.41) is 23.3. The largest absolute Gasteiger partial charge is 0.491 e. The number of amides is 4. The number of rotatable bonds is 12. The highest BCUT2D eigenvalue weighted by Crippen LogP contribution is 2.38. The first-order valence-corrected chi connectivity index (χ1v) is 23.2. The Hall–Kier alpha value is -6.62. The van der Waals surface area contributed by atoms with E-state index >= 15 is 0 Å². The molecule has 8 nitrogen and oxygen atoms in total. The summed E-state index contributed by atoms with van der Waals surface area (Å²) in [5.41, 5.74) is 3.18. The second kappa shape index (κ2) is 23.3. The maximum Gasteiger partial charge on any atom is 0.491 e. The molecule has 4 atom stereocenters. The van der Waals surface area contributed by atoms with Gasteiger partial charge in [0.2, 0.25) is 0 Å². The molecule has 2 aliphatic heterocycles. The Kier molecular flexibility index (Phi) is 17.6. The van der Waals surface area contributed by atoms with Crippen molar-refractivity contribution in [2.45, 2.75) is 62.7 Å². The van der Waals surface area contributed by atoms with Gasteiger partial charge in [-0.25, -0.2) is 35.9 Å². The van der Waals surface area contributed by atoms with Gasteiger partial charge >= 0.3 is 19.2 Å². The predicted octanol–water partition coefficient (Wildman–Crippen LogP) is 11.9. The maximum absolute atomic E-state index is 14.1. The lowest BCUT2D eigenvalue weighted by Crippen LogP contribution is -2.58. The Bertz CT molecular complexity index is 2770. The quantitative estimate of drug-likeness (QED) is 0.0557. The molecule has 0 aromatic heterocycles. The summed E-state index contributed by atoms with van der Waals surface area (Å²) in [7, 11) is -1.89. The van der Waals surface area contributed by atoms with E-state index in [-0.39, 0.29) is 41.2 Å². The van der Waals surface area contributed by atoms with Crippen LogP contribution in [0.1, 0.15) is 73.9 Å². The summed E-state index contributed by atoms with van der Waals surface area (Å²) >= 11 is 3.44. The van der Waals surface area contributed by atoms with Crippen LogP contribution in [0.5, 0.6) is 0 Å². The minimum absolute atomic E-state index is 0.0296. The van der Waals surface area contributed by atoms with E-state index in [9.17, 15) is 35.9 Å². The third kappa shape index (κ3) is 12.6. The van der Waals surface area contributed by atoms with Gasteiger partial charge in [-0.1, -0.05) is 94.8 Å². The topological polar surface area (TPSA) is 105 Å². The molecule has 16 heteroatoms. The van der Waals surface area contributed by atoms with Crippen LogP contribution in [0.4, 0.5) is 35.9 Å². The molecule has 4 N–H and O–H groups in total. The van der Waals surface area contributed by atoms with Gasteiger partial charge in [0.1, 0.15) is 34.9 Å². The summed E-state index contributed by atoms with van der Waals surface area (Å²) in [6, 6.07) is 33.2. The lowest BCUT2D eigenvalue weighted by molar-refractivity contribution is 0.125. The molecular weight excluding hydrogens is 973 g/mol. The SMILES string of the molecule is C=CC[C@]1(c2ccc(F)cc2)CCN([C@@H](C)c2ccc(-c3ccc(F)cc3F)cc2)C(=O)N1.C=CC[C@]1(c2ccc(F)cc2)CCN([C@@H](C)c2ccc(Br)cc2)C(=O)N1.OB(O)c1ccc(F)cc1F. The average molecular weight is 1030 g/mol. The summed E-state index contributed by atoms with van der Waals surface area (Å²) in [4.78, 5) is 29.6. The molecule has 4 amide bonds. The molecule has 0 spiro atoms. The van der Waals surface area contributed by atoms with Gasteiger partial charge in [-0.05, 0) is 122 Å². The van der Waals surface area contributed by atoms with Crippen molar-refractivity contribution in [3.63, 3.8) is 0 Å². The van der Waals surface area contributed by atoms with Crippen LogP contribution in [-0.2, 0) is 11.1 Å². The van der Waals surface area contributed by atoms with E-state index in [1.54, 1.807) is 53.5 Å². The number of hydrogen-bond donors (Lipinski definition) is 4. The van der Waals surface area contributed by atoms with E-state index in [4.69, 9.17) is 10.0 Å². The summed E-state index contributed by atoms with van der Waals surface area (Å²) in [6.45, 7) is 12.8. The number of carbonyl (C=O) groups excluding carboxylic acids is 2. The molecule has 364 valence electrons. The highest BCUT2D eigenvalue weighted by molar-refractivity contribution is 9.10. The molecule has 8 rings (SSSR count). The first-order valence-electron chi connectivity index (χ1n) is 22.4. The fraction of sp³-hybridized carbons (Fsp3) is 0.222. The second-order valence-electron chi connectivity index (χ2n) is 17.1. The van der Waals surface area contributed by atoms with Crippen molar-refractivity contribution in [2.75, 3.05) is 13.1 Å². The third-order valence-corrected chi connectivity index (χ3v) is 13.2. The molecule has 0 bridgehead atoms. The summed E-state index contributed by atoms with van der Waals surface area (Å²) < 4.78 is 79.8. The smallest absolute Gasteiger partial charge is 0.423 e. The van der Waals surface area contributed by atoms with Crippen molar-refractivity contribution in [1.29, 1.82) is 0 Å². The molecule has 2 aliphatic rings. The number of nitrogens with one attached hydrogen (secondary N) is 2. The lowest BCUT2D eigenvalue weighted by atomic mass is 9.80. The van der Waals surface area contributed by atoms with Crippen LogP contribution in [0.3, 0.4) is 0 Å². The Morgan fingerprint density at radius 1 is 0.600 bits per heavy atom. The van der Waals surface area contributed by atoms with Crippen LogP contribution < -0.4 is 16.1 Å². The van der Waals surface area contributed by atoms with Crippen LogP contribution in [-0.4, -0.2) is 52.1 Å². The van der Waals surface area contributed by atoms with Gasteiger partial charge in [0.05, 0.1) is 23.2 Å².